The SMILES string of the molecule is Cc1ccc([N+](=O)[O-])cc1NCCCCCO. The molecule has 5 heteroatoms. The van der Waals surface area contributed by atoms with E-state index in [0.717, 1.165) is 37.1 Å². The second-order valence-corrected chi connectivity index (χ2v) is 3.97. The number of nitro groups is 1. The van der Waals surface area contributed by atoms with Gasteiger partial charge in [0.05, 0.1) is 4.92 Å². The van der Waals surface area contributed by atoms with Crippen LogP contribution in [0.5, 0.6) is 0 Å². The molecule has 2 N–H and O–H groups in total. The van der Waals surface area contributed by atoms with Crippen molar-refractivity contribution in [1.82, 2.24) is 0 Å². The number of hydrogen-bond acceptors (Lipinski definition) is 4. The van der Waals surface area contributed by atoms with Gasteiger partial charge in [0.2, 0.25) is 0 Å². The summed E-state index contributed by atoms with van der Waals surface area (Å²) in [7, 11) is 0. The number of nitro benzene ring substituents is 1. The van der Waals surface area contributed by atoms with Gasteiger partial charge in [0, 0.05) is 31.0 Å². The van der Waals surface area contributed by atoms with Gasteiger partial charge in [-0.25, -0.2) is 0 Å². The maximum atomic E-state index is 10.6. The van der Waals surface area contributed by atoms with Crippen molar-refractivity contribution in [3.05, 3.63) is 33.9 Å². The largest absolute Gasteiger partial charge is 0.396 e. The van der Waals surface area contributed by atoms with Crippen LogP contribution in [0.4, 0.5) is 11.4 Å². The number of hydrogen-bond donors (Lipinski definition) is 2. The molecule has 0 heterocycles. The van der Waals surface area contributed by atoms with Gasteiger partial charge in [0.15, 0.2) is 0 Å². The first-order valence-electron chi connectivity index (χ1n) is 5.75. The molecule has 0 unspecified atom stereocenters. The second kappa shape index (κ2) is 6.85. The first kappa shape index (κ1) is 13.4. The topological polar surface area (TPSA) is 75.4 Å². The van der Waals surface area contributed by atoms with E-state index in [1.165, 1.54) is 6.07 Å². The van der Waals surface area contributed by atoms with Gasteiger partial charge in [-0.1, -0.05) is 6.07 Å². The average Bonchev–Trinajstić information content (AvgIpc) is 2.30. The summed E-state index contributed by atoms with van der Waals surface area (Å²) in [6.07, 6.45) is 2.70. The molecule has 0 bridgehead atoms. The fraction of sp³-hybridized carbons (Fsp3) is 0.500. The van der Waals surface area contributed by atoms with E-state index in [1.54, 1.807) is 12.1 Å². The van der Waals surface area contributed by atoms with Gasteiger partial charge < -0.3 is 10.4 Å². The summed E-state index contributed by atoms with van der Waals surface area (Å²) in [6.45, 7) is 2.90. The molecule has 0 atom stereocenters. The summed E-state index contributed by atoms with van der Waals surface area (Å²) in [6, 6.07) is 4.81. The van der Waals surface area contributed by atoms with Gasteiger partial charge in [-0.3, -0.25) is 10.1 Å². The third-order valence-electron chi connectivity index (χ3n) is 2.58. The molecule has 0 spiro atoms. The van der Waals surface area contributed by atoms with Crippen LogP contribution in [0.3, 0.4) is 0 Å². The molecular weight excluding hydrogens is 220 g/mol. The van der Waals surface area contributed by atoms with Gasteiger partial charge in [-0.15, -0.1) is 0 Å². The van der Waals surface area contributed by atoms with Crippen LogP contribution in [0.1, 0.15) is 24.8 Å². The number of aliphatic hydroxyl groups is 1. The lowest BCUT2D eigenvalue weighted by atomic mass is 10.1. The number of rotatable bonds is 7. The smallest absolute Gasteiger partial charge is 0.271 e. The number of anilines is 1. The van der Waals surface area contributed by atoms with E-state index in [2.05, 4.69) is 5.32 Å². The lowest BCUT2D eigenvalue weighted by molar-refractivity contribution is -0.384. The molecule has 1 rings (SSSR count). The molecule has 0 saturated heterocycles. The predicted octanol–water partition coefficient (Wildman–Crippen LogP) is 2.48. The van der Waals surface area contributed by atoms with Crippen LogP contribution < -0.4 is 5.32 Å². The minimum atomic E-state index is -0.392. The zero-order valence-electron chi connectivity index (χ0n) is 9.98. The van der Waals surface area contributed by atoms with E-state index >= 15 is 0 Å². The quantitative estimate of drug-likeness (QED) is 0.434. The Hall–Kier alpha value is -1.62. The van der Waals surface area contributed by atoms with Gasteiger partial charge in [0.25, 0.3) is 5.69 Å². The second-order valence-electron chi connectivity index (χ2n) is 3.97. The molecule has 0 radical (unpaired) electrons. The van der Waals surface area contributed by atoms with Gasteiger partial charge >= 0.3 is 0 Å². The maximum absolute atomic E-state index is 10.6. The van der Waals surface area contributed by atoms with Crippen LogP contribution in [-0.2, 0) is 0 Å². The molecule has 0 aliphatic carbocycles. The zero-order chi connectivity index (χ0) is 12.7. The van der Waals surface area contributed by atoms with Crippen molar-refractivity contribution in [3.8, 4) is 0 Å². The van der Waals surface area contributed by atoms with Crippen LogP contribution >= 0.6 is 0 Å². The molecule has 94 valence electrons. The number of nitrogens with zero attached hydrogens (tertiary/aromatic N) is 1. The minimum Gasteiger partial charge on any atom is -0.396 e. The van der Waals surface area contributed by atoms with Crippen LogP contribution in [0, 0.1) is 17.0 Å². The average molecular weight is 238 g/mol. The maximum Gasteiger partial charge on any atom is 0.271 e. The summed E-state index contributed by atoms with van der Waals surface area (Å²) in [5.41, 5.74) is 1.91. The predicted molar refractivity (Wildman–Crippen MR) is 67.3 cm³/mol. The lowest BCUT2D eigenvalue weighted by Gasteiger charge is -2.08. The van der Waals surface area contributed by atoms with Crippen molar-refractivity contribution >= 4 is 11.4 Å². The monoisotopic (exact) mass is 238 g/mol. The Labute approximate surface area is 101 Å². The Bertz CT molecular complexity index is 380. The first-order chi connectivity index (χ1) is 8.15. The van der Waals surface area contributed by atoms with Crippen molar-refractivity contribution in [2.24, 2.45) is 0 Å². The normalized spacial score (nSPS) is 10.2. The van der Waals surface area contributed by atoms with E-state index in [1.807, 2.05) is 6.92 Å². The van der Waals surface area contributed by atoms with Crippen molar-refractivity contribution in [3.63, 3.8) is 0 Å². The highest BCUT2D eigenvalue weighted by Crippen LogP contribution is 2.21. The Morgan fingerprint density at radius 2 is 2.12 bits per heavy atom. The molecule has 0 amide bonds. The number of aliphatic hydroxyl groups excluding tert-OH is 1. The van der Waals surface area contributed by atoms with Crippen LogP contribution in [0.15, 0.2) is 18.2 Å². The van der Waals surface area contributed by atoms with Gasteiger partial charge in [-0.05, 0) is 31.7 Å². The van der Waals surface area contributed by atoms with Crippen LogP contribution in [-0.4, -0.2) is 23.2 Å². The minimum absolute atomic E-state index is 0.105. The van der Waals surface area contributed by atoms with Gasteiger partial charge in [0.1, 0.15) is 0 Å². The molecular formula is C12H18N2O3. The Morgan fingerprint density at radius 3 is 2.76 bits per heavy atom. The molecule has 17 heavy (non-hydrogen) atoms. The Kier molecular flexibility index (Phi) is 5.42. The highest BCUT2D eigenvalue weighted by molar-refractivity contribution is 5.56. The Balaban J connectivity index is 2.51. The molecule has 0 aliphatic rings. The van der Waals surface area contributed by atoms with Gasteiger partial charge in [-0.2, -0.15) is 0 Å². The molecule has 0 saturated carbocycles. The highest BCUT2D eigenvalue weighted by atomic mass is 16.6. The molecule has 5 nitrogen and oxygen atoms in total. The summed E-state index contributed by atoms with van der Waals surface area (Å²) in [5, 5.41) is 22.4. The zero-order valence-corrected chi connectivity index (χ0v) is 9.98. The third kappa shape index (κ3) is 4.40. The van der Waals surface area contributed by atoms with E-state index in [-0.39, 0.29) is 12.3 Å². The van der Waals surface area contributed by atoms with Crippen LogP contribution in [0.25, 0.3) is 0 Å². The van der Waals surface area contributed by atoms with Crippen molar-refractivity contribution in [2.75, 3.05) is 18.5 Å². The molecule has 1 aromatic carbocycles. The fourth-order valence-corrected chi connectivity index (χ4v) is 1.55. The summed E-state index contributed by atoms with van der Waals surface area (Å²) >= 11 is 0. The van der Waals surface area contributed by atoms with E-state index < -0.39 is 4.92 Å². The first-order valence-corrected chi connectivity index (χ1v) is 5.75. The highest BCUT2D eigenvalue weighted by Gasteiger charge is 2.07. The van der Waals surface area contributed by atoms with E-state index in [0.29, 0.717) is 0 Å². The summed E-state index contributed by atoms with van der Waals surface area (Å²) in [5.74, 6) is 0. The van der Waals surface area contributed by atoms with Crippen molar-refractivity contribution in [2.45, 2.75) is 26.2 Å². The third-order valence-corrected chi connectivity index (χ3v) is 2.58. The standard InChI is InChI=1S/C12H18N2O3/c1-10-5-6-11(14(16)17)9-12(10)13-7-3-2-4-8-15/h5-6,9,13,15H,2-4,7-8H2,1H3. The number of nitrogens with one attached hydrogen (secondary N) is 1. The number of benzene rings is 1. The van der Waals surface area contributed by atoms with E-state index in [9.17, 15) is 10.1 Å². The Morgan fingerprint density at radius 1 is 1.35 bits per heavy atom. The number of unbranched alkanes of at least 4 members (excludes halogenated alkanes) is 2. The molecule has 1 aromatic rings. The summed E-state index contributed by atoms with van der Waals surface area (Å²) < 4.78 is 0. The number of non-ortho nitro benzene ring substituents is 1. The molecule has 0 fully saturated rings. The van der Waals surface area contributed by atoms with Crippen molar-refractivity contribution in [1.29, 1.82) is 0 Å². The van der Waals surface area contributed by atoms with Crippen molar-refractivity contribution < 1.29 is 10.0 Å². The van der Waals surface area contributed by atoms with E-state index in [4.69, 9.17) is 5.11 Å². The van der Waals surface area contributed by atoms with Crippen LogP contribution in [0.2, 0.25) is 0 Å². The summed E-state index contributed by atoms with van der Waals surface area (Å²) in [4.78, 5) is 10.2. The molecule has 0 aromatic heterocycles. The molecule has 0 aliphatic heterocycles. The lowest BCUT2D eigenvalue weighted by Crippen LogP contribution is -2.04. The fourth-order valence-electron chi connectivity index (χ4n) is 1.55. The number of aryl methyl sites for hydroxylation is 1.